The van der Waals surface area contributed by atoms with Gasteiger partial charge in [-0.3, -0.25) is 4.79 Å². The molecule has 0 spiro atoms. The van der Waals surface area contributed by atoms with Crippen LogP contribution in [0, 0.1) is 0 Å². The van der Waals surface area contributed by atoms with E-state index < -0.39 is 18.0 Å². The minimum Gasteiger partial charge on any atom is -0.404 e. The van der Waals surface area contributed by atoms with Gasteiger partial charge in [-0.25, -0.2) is 0 Å². The molecule has 0 bridgehead atoms. The highest BCUT2D eigenvalue weighted by molar-refractivity contribution is 6.00. The van der Waals surface area contributed by atoms with Crippen molar-refractivity contribution in [3.8, 4) is 5.75 Å². The van der Waals surface area contributed by atoms with Crippen molar-refractivity contribution in [3.05, 3.63) is 23.8 Å². The molecule has 1 aromatic rings. The molecule has 0 saturated carbocycles. The maximum Gasteiger partial charge on any atom is 0.573 e. The van der Waals surface area contributed by atoms with Gasteiger partial charge in [0.05, 0.1) is 11.3 Å². The molecule has 0 atom stereocenters. The van der Waals surface area contributed by atoms with Crippen LogP contribution >= 0.6 is 0 Å². The number of amides is 1. The van der Waals surface area contributed by atoms with Crippen molar-refractivity contribution in [1.82, 2.24) is 5.32 Å². The molecule has 1 aromatic carbocycles. The maximum absolute atomic E-state index is 12.0. The van der Waals surface area contributed by atoms with Crippen molar-refractivity contribution in [2.24, 2.45) is 0 Å². The predicted molar refractivity (Wildman–Crippen MR) is 50.9 cm³/mol. The minimum absolute atomic E-state index is 0.0655. The van der Waals surface area contributed by atoms with Gasteiger partial charge >= 0.3 is 6.36 Å². The van der Waals surface area contributed by atoms with Crippen LogP contribution in [0.5, 0.6) is 5.75 Å². The SMILES string of the molecule is CNC(=O)c1cccc(OC(F)(F)F)c1N. The fourth-order valence-electron chi connectivity index (χ4n) is 1.09. The third kappa shape index (κ3) is 2.78. The molecule has 7 heteroatoms. The molecule has 88 valence electrons. The average molecular weight is 234 g/mol. The quantitative estimate of drug-likeness (QED) is 0.762. The van der Waals surface area contributed by atoms with Gasteiger partial charge in [-0.1, -0.05) is 6.07 Å². The number of carbonyl (C=O) groups is 1. The fraction of sp³-hybridized carbons (Fsp3) is 0.222. The van der Waals surface area contributed by atoms with Gasteiger partial charge in [0.2, 0.25) is 0 Å². The normalized spacial score (nSPS) is 11.0. The maximum atomic E-state index is 12.0. The summed E-state index contributed by atoms with van der Waals surface area (Å²) in [6.07, 6.45) is -4.84. The van der Waals surface area contributed by atoms with E-state index in [0.717, 1.165) is 6.07 Å². The number of hydrogen-bond donors (Lipinski definition) is 2. The van der Waals surface area contributed by atoms with E-state index in [0.29, 0.717) is 0 Å². The number of para-hydroxylation sites is 1. The molecule has 3 N–H and O–H groups in total. The van der Waals surface area contributed by atoms with Crippen LogP contribution in [-0.2, 0) is 0 Å². The van der Waals surface area contributed by atoms with Gasteiger partial charge in [-0.05, 0) is 12.1 Å². The van der Waals surface area contributed by atoms with Crippen LogP contribution in [0.3, 0.4) is 0 Å². The molecule has 0 aliphatic carbocycles. The van der Waals surface area contributed by atoms with Gasteiger partial charge in [-0.15, -0.1) is 13.2 Å². The number of hydrogen-bond acceptors (Lipinski definition) is 3. The van der Waals surface area contributed by atoms with Crippen molar-refractivity contribution < 1.29 is 22.7 Å². The lowest BCUT2D eigenvalue weighted by molar-refractivity contribution is -0.274. The predicted octanol–water partition coefficient (Wildman–Crippen LogP) is 1.53. The summed E-state index contributed by atoms with van der Waals surface area (Å²) in [5.74, 6) is -1.17. The number of anilines is 1. The van der Waals surface area contributed by atoms with Crippen LogP contribution in [0.2, 0.25) is 0 Å². The first-order valence-electron chi connectivity index (χ1n) is 4.21. The Balaban J connectivity index is 3.09. The Kier molecular flexibility index (Phi) is 3.26. The van der Waals surface area contributed by atoms with E-state index in [2.05, 4.69) is 10.1 Å². The van der Waals surface area contributed by atoms with Gasteiger partial charge in [-0.2, -0.15) is 0 Å². The number of halogens is 3. The van der Waals surface area contributed by atoms with E-state index in [1.807, 2.05) is 0 Å². The highest BCUT2D eigenvalue weighted by Gasteiger charge is 2.32. The van der Waals surface area contributed by atoms with Gasteiger partial charge in [0.15, 0.2) is 5.75 Å². The number of nitrogen functional groups attached to an aromatic ring is 1. The number of alkyl halides is 3. The third-order valence-electron chi connectivity index (χ3n) is 1.76. The first-order chi connectivity index (χ1) is 7.35. The summed E-state index contributed by atoms with van der Waals surface area (Å²) in [6, 6.07) is 3.59. The Morgan fingerprint density at radius 1 is 1.44 bits per heavy atom. The molecule has 16 heavy (non-hydrogen) atoms. The summed E-state index contributed by atoms with van der Waals surface area (Å²) in [4.78, 5) is 11.2. The number of nitrogens with two attached hydrogens (primary N) is 1. The average Bonchev–Trinajstić information content (AvgIpc) is 2.18. The lowest BCUT2D eigenvalue weighted by Gasteiger charge is -2.12. The van der Waals surface area contributed by atoms with Crippen molar-refractivity contribution in [1.29, 1.82) is 0 Å². The number of rotatable bonds is 2. The van der Waals surface area contributed by atoms with Crippen LogP contribution in [0.15, 0.2) is 18.2 Å². The molecule has 0 aromatic heterocycles. The number of carbonyl (C=O) groups excluding carboxylic acids is 1. The molecule has 0 radical (unpaired) electrons. The second kappa shape index (κ2) is 4.30. The molecular formula is C9H9F3N2O2. The van der Waals surface area contributed by atoms with Crippen molar-refractivity contribution in [2.45, 2.75) is 6.36 Å². The monoisotopic (exact) mass is 234 g/mol. The van der Waals surface area contributed by atoms with Gasteiger partial charge in [0.25, 0.3) is 5.91 Å². The molecule has 0 fully saturated rings. The third-order valence-corrected chi connectivity index (χ3v) is 1.76. The summed E-state index contributed by atoms with van der Waals surface area (Å²) >= 11 is 0. The Bertz CT molecular complexity index is 404. The standard InChI is InChI=1S/C9H9F3N2O2/c1-14-8(15)5-3-2-4-6(7(5)13)16-9(10,11)12/h2-4H,13H2,1H3,(H,14,15). The Morgan fingerprint density at radius 3 is 2.56 bits per heavy atom. The lowest BCUT2D eigenvalue weighted by Crippen LogP contribution is -2.22. The molecule has 0 unspecified atom stereocenters. The summed E-state index contributed by atoms with van der Waals surface area (Å²) in [6.45, 7) is 0. The van der Waals surface area contributed by atoms with Crippen LogP contribution in [-0.4, -0.2) is 19.3 Å². The minimum atomic E-state index is -4.84. The smallest absolute Gasteiger partial charge is 0.404 e. The van der Waals surface area contributed by atoms with Crippen LogP contribution in [0.25, 0.3) is 0 Å². The first kappa shape index (κ1) is 12.2. The highest BCUT2D eigenvalue weighted by Crippen LogP contribution is 2.30. The molecule has 1 rings (SSSR count). The van der Waals surface area contributed by atoms with E-state index in [1.165, 1.54) is 19.2 Å². The van der Waals surface area contributed by atoms with E-state index >= 15 is 0 Å². The Labute approximate surface area is 89.2 Å². The first-order valence-corrected chi connectivity index (χ1v) is 4.21. The molecule has 0 aliphatic heterocycles. The van der Waals surface area contributed by atoms with Crippen LogP contribution in [0.1, 0.15) is 10.4 Å². The summed E-state index contributed by atoms with van der Waals surface area (Å²) in [7, 11) is 1.35. The van der Waals surface area contributed by atoms with Gasteiger partial charge in [0.1, 0.15) is 0 Å². The number of ether oxygens (including phenoxy) is 1. The Morgan fingerprint density at radius 2 is 2.06 bits per heavy atom. The van der Waals surface area contributed by atoms with Crippen molar-refractivity contribution >= 4 is 11.6 Å². The molecular weight excluding hydrogens is 225 g/mol. The van der Waals surface area contributed by atoms with E-state index in [1.54, 1.807) is 0 Å². The largest absolute Gasteiger partial charge is 0.573 e. The number of nitrogens with one attached hydrogen (secondary N) is 1. The van der Waals surface area contributed by atoms with E-state index in [-0.39, 0.29) is 11.3 Å². The summed E-state index contributed by atoms with van der Waals surface area (Å²) in [5.41, 5.74) is 4.97. The van der Waals surface area contributed by atoms with Crippen molar-refractivity contribution in [3.63, 3.8) is 0 Å². The lowest BCUT2D eigenvalue weighted by atomic mass is 10.1. The molecule has 4 nitrogen and oxygen atoms in total. The van der Waals surface area contributed by atoms with E-state index in [9.17, 15) is 18.0 Å². The number of benzene rings is 1. The van der Waals surface area contributed by atoms with Crippen LogP contribution < -0.4 is 15.8 Å². The zero-order chi connectivity index (χ0) is 12.3. The topological polar surface area (TPSA) is 64.3 Å². The highest BCUT2D eigenvalue weighted by atomic mass is 19.4. The second-order valence-corrected chi connectivity index (χ2v) is 2.84. The second-order valence-electron chi connectivity index (χ2n) is 2.84. The van der Waals surface area contributed by atoms with E-state index in [4.69, 9.17) is 5.73 Å². The molecule has 0 saturated heterocycles. The zero-order valence-corrected chi connectivity index (χ0v) is 8.26. The molecule has 0 heterocycles. The van der Waals surface area contributed by atoms with Crippen molar-refractivity contribution in [2.75, 3.05) is 12.8 Å². The molecule has 1 amide bonds. The van der Waals surface area contributed by atoms with Crippen LogP contribution in [0.4, 0.5) is 18.9 Å². The summed E-state index contributed by atoms with van der Waals surface area (Å²) in [5, 5.41) is 2.26. The fourth-order valence-corrected chi connectivity index (χ4v) is 1.09. The summed E-state index contributed by atoms with van der Waals surface area (Å²) < 4.78 is 39.5. The van der Waals surface area contributed by atoms with Gasteiger partial charge < -0.3 is 15.8 Å². The zero-order valence-electron chi connectivity index (χ0n) is 8.26. The van der Waals surface area contributed by atoms with Gasteiger partial charge in [0, 0.05) is 7.05 Å². The molecule has 0 aliphatic rings. The Hall–Kier alpha value is -1.92.